The van der Waals surface area contributed by atoms with Crippen LogP contribution in [0.4, 0.5) is 0 Å². The number of nitrogens with one attached hydrogen (secondary N) is 2. The summed E-state index contributed by atoms with van der Waals surface area (Å²) in [5.74, 6) is 1.44. The van der Waals surface area contributed by atoms with E-state index in [1.807, 2.05) is 31.2 Å². The van der Waals surface area contributed by atoms with E-state index >= 15 is 0 Å². The van der Waals surface area contributed by atoms with Crippen molar-refractivity contribution >= 4 is 15.8 Å². The summed E-state index contributed by atoms with van der Waals surface area (Å²) in [5.41, 5.74) is 0.972. The molecule has 0 atom stereocenters. The summed E-state index contributed by atoms with van der Waals surface area (Å²) in [7, 11) is -1.52. The third kappa shape index (κ3) is 6.03. The number of guanidine groups is 1. The highest BCUT2D eigenvalue weighted by atomic mass is 32.2. The number of aliphatic imine (C=N–C) groups is 1. The summed E-state index contributed by atoms with van der Waals surface area (Å²) in [5, 5.41) is 6.19. The lowest BCUT2D eigenvalue weighted by molar-refractivity contribution is 0.410. The number of nitrogens with zero attached hydrogens (tertiary/aromatic N) is 1. The molecule has 0 spiro atoms. The van der Waals surface area contributed by atoms with Crippen LogP contribution in [-0.4, -0.2) is 45.1 Å². The Balaban J connectivity index is 2.70. The molecule has 1 rings (SSSR count). The molecular weight excluding hydrogens is 326 g/mol. The molecule has 1 aromatic rings. The molecular formula is C17H29N3O3S. The Morgan fingerprint density at radius 3 is 2.46 bits per heavy atom. The van der Waals surface area contributed by atoms with Gasteiger partial charge in [-0.2, -0.15) is 0 Å². The minimum absolute atomic E-state index is 0.0651. The van der Waals surface area contributed by atoms with Gasteiger partial charge in [0.15, 0.2) is 15.8 Å². The Morgan fingerprint density at radius 1 is 1.21 bits per heavy atom. The van der Waals surface area contributed by atoms with Crippen molar-refractivity contribution in [3.63, 3.8) is 0 Å². The van der Waals surface area contributed by atoms with E-state index in [4.69, 9.17) is 4.74 Å². The molecule has 0 heterocycles. The van der Waals surface area contributed by atoms with E-state index in [0.717, 1.165) is 11.3 Å². The third-order valence-electron chi connectivity index (χ3n) is 3.54. The summed E-state index contributed by atoms with van der Waals surface area (Å²) in [6.45, 7) is 8.56. The number of hydrogen-bond donors (Lipinski definition) is 2. The minimum atomic E-state index is -3.15. The molecule has 0 aromatic heterocycles. The molecule has 2 N–H and O–H groups in total. The molecule has 0 aliphatic rings. The quantitative estimate of drug-likeness (QED) is 0.577. The van der Waals surface area contributed by atoms with Crippen molar-refractivity contribution in [2.24, 2.45) is 4.99 Å². The summed E-state index contributed by atoms with van der Waals surface area (Å²) < 4.78 is 28.8. The summed E-state index contributed by atoms with van der Waals surface area (Å²) in [4.78, 5) is 4.49. The molecule has 0 aliphatic carbocycles. The van der Waals surface area contributed by atoms with E-state index in [1.165, 1.54) is 0 Å². The molecule has 6 nitrogen and oxygen atoms in total. The first-order valence-corrected chi connectivity index (χ1v) is 9.73. The van der Waals surface area contributed by atoms with Crippen molar-refractivity contribution in [1.82, 2.24) is 10.6 Å². The van der Waals surface area contributed by atoms with Crippen molar-refractivity contribution < 1.29 is 13.2 Å². The average Bonchev–Trinajstić information content (AvgIpc) is 2.51. The third-order valence-corrected chi connectivity index (χ3v) is 6.15. The SMILES string of the molecule is CCNC(=NCc1ccccc1OC)NCCS(=O)(=O)C(C)(C)C. The highest BCUT2D eigenvalue weighted by Crippen LogP contribution is 2.18. The smallest absolute Gasteiger partial charge is 0.191 e. The van der Waals surface area contributed by atoms with Gasteiger partial charge in [0, 0.05) is 18.7 Å². The van der Waals surface area contributed by atoms with Crippen molar-refractivity contribution in [3.8, 4) is 5.75 Å². The maximum atomic E-state index is 12.1. The largest absolute Gasteiger partial charge is 0.496 e. The Kier molecular flexibility index (Phi) is 7.54. The van der Waals surface area contributed by atoms with Gasteiger partial charge in [0.25, 0.3) is 0 Å². The summed E-state index contributed by atoms with van der Waals surface area (Å²) in [6, 6.07) is 7.69. The number of ether oxygens (including phenoxy) is 1. The van der Waals surface area contributed by atoms with E-state index in [2.05, 4.69) is 15.6 Å². The molecule has 0 radical (unpaired) electrons. The molecule has 0 unspecified atom stereocenters. The Morgan fingerprint density at radius 2 is 1.88 bits per heavy atom. The van der Waals surface area contributed by atoms with Gasteiger partial charge < -0.3 is 15.4 Å². The van der Waals surface area contributed by atoms with E-state index in [1.54, 1.807) is 27.9 Å². The van der Waals surface area contributed by atoms with Gasteiger partial charge in [0.1, 0.15) is 5.75 Å². The van der Waals surface area contributed by atoms with Gasteiger partial charge in [-0.25, -0.2) is 13.4 Å². The zero-order valence-corrected chi connectivity index (χ0v) is 16.0. The minimum Gasteiger partial charge on any atom is -0.496 e. The van der Waals surface area contributed by atoms with Gasteiger partial charge in [0.05, 0.1) is 24.2 Å². The van der Waals surface area contributed by atoms with Crippen LogP contribution in [0.2, 0.25) is 0 Å². The number of hydrogen-bond acceptors (Lipinski definition) is 4. The Labute approximate surface area is 145 Å². The fourth-order valence-corrected chi connectivity index (χ4v) is 2.93. The van der Waals surface area contributed by atoms with Gasteiger partial charge in [0.2, 0.25) is 0 Å². The predicted molar refractivity (Wildman–Crippen MR) is 99.4 cm³/mol. The molecule has 1 aromatic carbocycles. The molecule has 24 heavy (non-hydrogen) atoms. The van der Waals surface area contributed by atoms with Crippen LogP contribution in [0.3, 0.4) is 0 Å². The second-order valence-corrected chi connectivity index (χ2v) is 9.23. The fraction of sp³-hybridized carbons (Fsp3) is 0.588. The van der Waals surface area contributed by atoms with Gasteiger partial charge in [-0.15, -0.1) is 0 Å². The zero-order valence-electron chi connectivity index (χ0n) is 15.2. The van der Waals surface area contributed by atoms with Crippen LogP contribution < -0.4 is 15.4 Å². The van der Waals surface area contributed by atoms with E-state index in [9.17, 15) is 8.42 Å². The van der Waals surface area contributed by atoms with Crippen molar-refractivity contribution in [2.75, 3.05) is 26.0 Å². The first-order valence-electron chi connectivity index (χ1n) is 8.07. The number of benzene rings is 1. The molecule has 0 bridgehead atoms. The standard InChI is InChI=1S/C17H29N3O3S/c1-6-18-16(19-11-12-24(21,22)17(2,3)4)20-13-14-9-7-8-10-15(14)23-5/h7-10H,6,11-13H2,1-5H3,(H2,18,19,20). The molecule has 0 saturated carbocycles. The Bertz CT molecular complexity index is 649. The maximum Gasteiger partial charge on any atom is 0.191 e. The van der Waals surface area contributed by atoms with E-state index in [0.29, 0.717) is 25.6 Å². The maximum absolute atomic E-state index is 12.1. The average molecular weight is 356 g/mol. The number of methoxy groups -OCH3 is 1. The molecule has 0 saturated heterocycles. The van der Waals surface area contributed by atoms with Gasteiger partial charge >= 0.3 is 0 Å². The normalized spacial score (nSPS) is 12.8. The second kappa shape index (κ2) is 8.92. The zero-order chi connectivity index (χ0) is 18.2. The van der Waals surface area contributed by atoms with Crippen LogP contribution in [-0.2, 0) is 16.4 Å². The molecule has 0 fully saturated rings. The van der Waals surface area contributed by atoms with Crippen LogP contribution in [0.5, 0.6) is 5.75 Å². The first-order chi connectivity index (χ1) is 11.2. The fourth-order valence-electron chi connectivity index (χ4n) is 1.95. The summed E-state index contributed by atoms with van der Waals surface area (Å²) in [6.07, 6.45) is 0. The van der Waals surface area contributed by atoms with E-state index < -0.39 is 14.6 Å². The lowest BCUT2D eigenvalue weighted by Gasteiger charge is -2.19. The molecule has 136 valence electrons. The van der Waals surface area contributed by atoms with Crippen LogP contribution >= 0.6 is 0 Å². The van der Waals surface area contributed by atoms with Crippen molar-refractivity contribution in [1.29, 1.82) is 0 Å². The number of para-hydroxylation sites is 1. The van der Waals surface area contributed by atoms with Crippen molar-refractivity contribution in [2.45, 2.75) is 39.0 Å². The van der Waals surface area contributed by atoms with Crippen LogP contribution in [0, 0.1) is 0 Å². The predicted octanol–water partition coefficient (Wildman–Crippen LogP) is 1.96. The Hall–Kier alpha value is -1.76. The van der Waals surface area contributed by atoms with Crippen LogP contribution in [0.25, 0.3) is 0 Å². The van der Waals surface area contributed by atoms with Crippen LogP contribution in [0.15, 0.2) is 29.3 Å². The second-order valence-electron chi connectivity index (χ2n) is 6.37. The molecule has 0 aliphatic heterocycles. The monoisotopic (exact) mass is 355 g/mol. The highest BCUT2D eigenvalue weighted by molar-refractivity contribution is 7.92. The van der Waals surface area contributed by atoms with Crippen LogP contribution in [0.1, 0.15) is 33.3 Å². The first kappa shape index (κ1) is 20.3. The molecule has 0 amide bonds. The van der Waals surface area contributed by atoms with E-state index in [-0.39, 0.29) is 5.75 Å². The molecule has 7 heteroatoms. The lowest BCUT2D eigenvalue weighted by atomic mass is 10.2. The van der Waals surface area contributed by atoms with Crippen molar-refractivity contribution in [3.05, 3.63) is 29.8 Å². The summed E-state index contributed by atoms with van der Waals surface area (Å²) >= 11 is 0. The number of rotatable bonds is 7. The number of sulfone groups is 1. The van der Waals surface area contributed by atoms with Gasteiger partial charge in [-0.3, -0.25) is 0 Å². The lowest BCUT2D eigenvalue weighted by Crippen LogP contribution is -2.41. The topological polar surface area (TPSA) is 79.8 Å². The van der Waals surface area contributed by atoms with Gasteiger partial charge in [-0.1, -0.05) is 18.2 Å². The van der Waals surface area contributed by atoms with Gasteiger partial charge in [-0.05, 0) is 33.8 Å². The highest BCUT2D eigenvalue weighted by Gasteiger charge is 2.28.